The Balaban J connectivity index is 1.62. The van der Waals surface area contributed by atoms with Crippen molar-refractivity contribution in [3.05, 3.63) is 52.5 Å². The average molecular weight is 272 g/mol. The predicted molar refractivity (Wildman–Crippen MR) is 76.4 cm³/mol. The van der Waals surface area contributed by atoms with E-state index in [4.69, 9.17) is 0 Å². The summed E-state index contributed by atoms with van der Waals surface area (Å²) in [5.41, 5.74) is 1.35. The Morgan fingerprint density at radius 1 is 1.21 bits per heavy atom. The van der Waals surface area contributed by atoms with Crippen molar-refractivity contribution >= 4 is 17.2 Å². The van der Waals surface area contributed by atoms with Crippen LogP contribution in [0.2, 0.25) is 0 Å². The van der Waals surface area contributed by atoms with Gasteiger partial charge in [-0.3, -0.25) is 9.78 Å². The normalized spacial score (nSPS) is 16.5. The summed E-state index contributed by atoms with van der Waals surface area (Å²) in [5, 5.41) is 1.96. The predicted octanol–water partition coefficient (Wildman–Crippen LogP) is 3.16. The molecule has 1 aliphatic heterocycles. The molecule has 0 atom stereocenters. The van der Waals surface area contributed by atoms with Gasteiger partial charge in [0, 0.05) is 25.5 Å². The van der Waals surface area contributed by atoms with Crippen LogP contribution in [0.15, 0.2) is 42.0 Å². The Hall–Kier alpha value is -1.68. The Labute approximate surface area is 116 Å². The van der Waals surface area contributed by atoms with E-state index in [0.29, 0.717) is 5.92 Å². The van der Waals surface area contributed by atoms with Crippen molar-refractivity contribution in [1.29, 1.82) is 0 Å². The number of thiophene rings is 1. The number of hydrogen-bond donors (Lipinski definition) is 0. The van der Waals surface area contributed by atoms with Crippen LogP contribution in [0.5, 0.6) is 0 Å². The highest BCUT2D eigenvalue weighted by atomic mass is 32.1. The van der Waals surface area contributed by atoms with Gasteiger partial charge < -0.3 is 4.90 Å². The summed E-state index contributed by atoms with van der Waals surface area (Å²) in [6.07, 6.45) is 5.78. The second-order valence-electron chi connectivity index (χ2n) is 4.82. The number of likely N-dealkylation sites (tertiary alicyclic amines) is 1. The van der Waals surface area contributed by atoms with Gasteiger partial charge in [0.15, 0.2) is 0 Å². The molecule has 98 valence electrons. The Morgan fingerprint density at radius 2 is 1.95 bits per heavy atom. The van der Waals surface area contributed by atoms with E-state index in [2.05, 4.69) is 17.1 Å². The molecule has 0 aromatic carbocycles. The van der Waals surface area contributed by atoms with Crippen molar-refractivity contribution in [3.63, 3.8) is 0 Å². The lowest BCUT2D eigenvalue weighted by Gasteiger charge is -2.31. The second-order valence-corrected chi connectivity index (χ2v) is 5.77. The van der Waals surface area contributed by atoms with Crippen LogP contribution in [0.3, 0.4) is 0 Å². The maximum absolute atomic E-state index is 12.2. The van der Waals surface area contributed by atoms with Gasteiger partial charge in [-0.05, 0) is 47.9 Å². The van der Waals surface area contributed by atoms with Crippen LogP contribution in [0, 0.1) is 0 Å². The first-order valence-electron chi connectivity index (χ1n) is 6.57. The average Bonchev–Trinajstić information content (AvgIpc) is 3.02. The van der Waals surface area contributed by atoms with Gasteiger partial charge >= 0.3 is 0 Å². The fraction of sp³-hybridized carbons (Fsp3) is 0.333. The van der Waals surface area contributed by atoms with E-state index in [1.54, 1.807) is 0 Å². The first-order valence-corrected chi connectivity index (χ1v) is 7.45. The van der Waals surface area contributed by atoms with Gasteiger partial charge in [-0.2, -0.15) is 0 Å². The van der Waals surface area contributed by atoms with E-state index in [0.717, 1.165) is 30.8 Å². The minimum absolute atomic E-state index is 0.183. The second kappa shape index (κ2) is 5.53. The fourth-order valence-corrected chi connectivity index (χ4v) is 3.30. The Bertz CT molecular complexity index is 531. The maximum atomic E-state index is 12.2. The van der Waals surface area contributed by atoms with Crippen molar-refractivity contribution < 1.29 is 4.79 Å². The third-order valence-corrected chi connectivity index (χ3v) is 4.55. The Kier molecular flexibility index (Phi) is 3.60. The number of carbonyl (C=O) groups is 1. The van der Waals surface area contributed by atoms with E-state index >= 15 is 0 Å². The molecule has 2 aromatic heterocycles. The molecule has 0 N–H and O–H groups in total. The molecule has 1 amide bonds. The minimum Gasteiger partial charge on any atom is -0.338 e. The Morgan fingerprint density at radius 3 is 2.58 bits per heavy atom. The molecule has 1 aliphatic rings. The number of pyridine rings is 1. The molecule has 0 spiro atoms. The molecule has 2 aromatic rings. The molecular weight excluding hydrogens is 256 g/mol. The van der Waals surface area contributed by atoms with Crippen molar-refractivity contribution in [2.75, 3.05) is 13.1 Å². The zero-order valence-corrected chi connectivity index (χ0v) is 11.5. The number of rotatable bonds is 2. The molecule has 0 unspecified atom stereocenters. The molecule has 1 fully saturated rings. The summed E-state index contributed by atoms with van der Waals surface area (Å²) >= 11 is 1.52. The SMILES string of the molecule is O=C(c1cccs1)N1CCC(c2ccncc2)CC1. The third-order valence-electron chi connectivity index (χ3n) is 3.69. The van der Waals surface area contributed by atoms with Crippen LogP contribution in [-0.4, -0.2) is 28.9 Å². The van der Waals surface area contributed by atoms with Crippen molar-refractivity contribution in [1.82, 2.24) is 9.88 Å². The molecule has 3 heterocycles. The summed E-state index contributed by atoms with van der Waals surface area (Å²) in [6.45, 7) is 1.70. The molecule has 3 nitrogen and oxygen atoms in total. The quantitative estimate of drug-likeness (QED) is 0.841. The van der Waals surface area contributed by atoms with Crippen molar-refractivity contribution in [3.8, 4) is 0 Å². The van der Waals surface area contributed by atoms with Gasteiger partial charge in [-0.1, -0.05) is 6.07 Å². The molecule has 3 rings (SSSR count). The van der Waals surface area contributed by atoms with E-state index in [9.17, 15) is 4.79 Å². The zero-order valence-electron chi connectivity index (χ0n) is 10.7. The number of carbonyl (C=O) groups excluding carboxylic acids is 1. The zero-order chi connectivity index (χ0) is 13.1. The number of amides is 1. The number of piperidine rings is 1. The lowest BCUT2D eigenvalue weighted by atomic mass is 9.90. The molecule has 4 heteroatoms. The van der Waals surface area contributed by atoms with Crippen LogP contribution in [0.1, 0.15) is 34.0 Å². The highest BCUT2D eigenvalue weighted by Gasteiger charge is 2.24. The maximum Gasteiger partial charge on any atom is 0.263 e. The lowest BCUT2D eigenvalue weighted by molar-refractivity contribution is 0.0718. The first kappa shape index (κ1) is 12.4. The summed E-state index contributed by atoms with van der Waals surface area (Å²) in [4.78, 5) is 19.1. The monoisotopic (exact) mass is 272 g/mol. The minimum atomic E-state index is 0.183. The van der Waals surface area contributed by atoms with Crippen LogP contribution in [0.25, 0.3) is 0 Å². The van der Waals surface area contributed by atoms with Crippen LogP contribution < -0.4 is 0 Å². The standard InChI is InChI=1S/C15H16N2OS/c18-15(14-2-1-11-19-14)17-9-5-13(6-10-17)12-3-7-16-8-4-12/h1-4,7-8,11,13H,5-6,9-10H2. The summed E-state index contributed by atoms with van der Waals surface area (Å²) < 4.78 is 0. The van der Waals surface area contributed by atoms with E-state index < -0.39 is 0 Å². The highest BCUT2D eigenvalue weighted by Crippen LogP contribution is 2.28. The van der Waals surface area contributed by atoms with E-state index in [1.165, 1.54) is 16.9 Å². The molecule has 0 radical (unpaired) electrons. The molecule has 1 saturated heterocycles. The summed E-state index contributed by atoms with van der Waals surface area (Å²) in [6, 6.07) is 8.01. The van der Waals surface area contributed by atoms with Crippen molar-refractivity contribution in [2.24, 2.45) is 0 Å². The topological polar surface area (TPSA) is 33.2 Å². The number of aromatic nitrogens is 1. The molecule has 19 heavy (non-hydrogen) atoms. The largest absolute Gasteiger partial charge is 0.338 e. The molecule has 0 saturated carbocycles. The molecular formula is C15H16N2OS. The van der Waals surface area contributed by atoms with Crippen LogP contribution >= 0.6 is 11.3 Å². The summed E-state index contributed by atoms with van der Waals surface area (Å²) in [7, 11) is 0. The fourth-order valence-electron chi connectivity index (χ4n) is 2.61. The van der Waals surface area contributed by atoms with Gasteiger partial charge in [0.1, 0.15) is 0 Å². The van der Waals surface area contributed by atoms with E-state index in [-0.39, 0.29) is 5.91 Å². The van der Waals surface area contributed by atoms with Crippen LogP contribution in [0.4, 0.5) is 0 Å². The van der Waals surface area contributed by atoms with Gasteiger partial charge in [0.2, 0.25) is 0 Å². The van der Waals surface area contributed by atoms with Gasteiger partial charge in [0.25, 0.3) is 5.91 Å². The number of nitrogens with zero attached hydrogens (tertiary/aromatic N) is 2. The third kappa shape index (κ3) is 2.68. The number of hydrogen-bond acceptors (Lipinski definition) is 3. The van der Waals surface area contributed by atoms with Gasteiger partial charge in [-0.15, -0.1) is 11.3 Å². The highest BCUT2D eigenvalue weighted by molar-refractivity contribution is 7.12. The van der Waals surface area contributed by atoms with Gasteiger partial charge in [0.05, 0.1) is 4.88 Å². The van der Waals surface area contributed by atoms with Crippen LogP contribution in [-0.2, 0) is 0 Å². The van der Waals surface area contributed by atoms with Gasteiger partial charge in [-0.25, -0.2) is 0 Å². The van der Waals surface area contributed by atoms with E-state index in [1.807, 2.05) is 34.8 Å². The lowest BCUT2D eigenvalue weighted by Crippen LogP contribution is -2.37. The smallest absolute Gasteiger partial charge is 0.263 e. The van der Waals surface area contributed by atoms with Crippen molar-refractivity contribution in [2.45, 2.75) is 18.8 Å². The first-order chi connectivity index (χ1) is 9.34. The molecule has 0 bridgehead atoms. The summed E-state index contributed by atoms with van der Waals surface area (Å²) in [5.74, 6) is 0.749. The molecule has 0 aliphatic carbocycles.